The maximum absolute atomic E-state index is 12.7. The normalized spacial score (nSPS) is 12.1. The number of hydrogen-bond donors (Lipinski definition) is 0. The molecule has 0 aliphatic carbocycles. The molecule has 0 saturated heterocycles. The highest BCUT2D eigenvalue weighted by atomic mass is 35.5. The summed E-state index contributed by atoms with van der Waals surface area (Å²) in [6, 6.07) is 6.95. The summed E-state index contributed by atoms with van der Waals surface area (Å²) in [6.07, 6.45) is 1.07. The lowest BCUT2D eigenvalue weighted by molar-refractivity contribution is 0.0994. The van der Waals surface area contributed by atoms with E-state index >= 15 is 0 Å². The van der Waals surface area contributed by atoms with Crippen molar-refractivity contribution < 1.29 is 9.53 Å². The number of aromatic nitrogens is 2. The minimum atomic E-state index is -0.442. The molecule has 2 aromatic rings. The Labute approximate surface area is 161 Å². The number of ether oxygens (including phenoxy) is 1. The maximum Gasteiger partial charge on any atom is 0.283 e. The van der Waals surface area contributed by atoms with Gasteiger partial charge in [0.25, 0.3) is 5.91 Å². The molecule has 8 heteroatoms. The molecule has 138 valence electrons. The van der Waals surface area contributed by atoms with Crippen LogP contribution in [0.4, 0.5) is 0 Å². The van der Waals surface area contributed by atoms with E-state index < -0.39 is 5.91 Å². The summed E-state index contributed by atoms with van der Waals surface area (Å²) >= 11 is 7.38. The zero-order chi connectivity index (χ0) is 19.3. The SMILES string of the molecule is COc1ccc(Cl)cc1C(=O)N=c1sc(C(C)(C)C)nn1CCCC#N. The fourth-order valence-electron chi connectivity index (χ4n) is 2.14. The van der Waals surface area contributed by atoms with Crippen LogP contribution in [-0.4, -0.2) is 22.8 Å². The second kappa shape index (κ2) is 8.47. The van der Waals surface area contributed by atoms with Crippen LogP contribution in [0.1, 0.15) is 49.0 Å². The van der Waals surface area contributed by atoms with Gasteiger partial charge in [0, 0.05) is 23.4 Å². The largest absolute Gasteiger partial charge is 0.496 e. The third-order valence-electron chi connectivity index (χ3n) is 3.51. The molecule has 6 nitrogen and oxygen atoms in total. The number of benzene rings is 1. The van der Waals surface area contributed by atoms with Crippen LogP contribution in [-0.2, 0) is 12.0 Å². The number of aryl methyl sites for hydroxylation is 1. The molecule has 1 heterocycles. The fourth-order valence-corrected chi connectivity index (χ4v) is 3.30. The van der Waals surface area contributed by atoms with Crippen molar-refractivity contribution in [1.29, 1.82) is 5.26 Å². The average molecular weight is 393 g/mol. The number of methoxy groups -OCH3 is 1. The van der Waals surface area contributed by atoms with Crippen LogP contribution in [0.25, 0.3) is 0 Å². The second-order valence-electron chi connectivity index (χ2n) is 6.69. The zero-order valence-electron chi connectivity index (χ0n) is 15.2. The Morgan fingerprint density at radius 2 is 2.19 bits per heavy atom. The molecule has 1 aromatic carbocycles. The molecule has 0 bridgehead atoms. The van der Waals surface area contributed by atoms with E-state index in [1.807, 2.05) is 0 Å². The zero-order valence-corrected chi connectivity index (χ0v) is 16.8. The van der Waals surface area contributed by atoms with Gasteiger partial charge in [-0.25, -0.2) is 4.68 Å². The van der Waals surface area contributed by atoms with Gasteiger partial charge in [0.15, 0.2) is 0 Å². The predicted octanol–water partition coefficient (Wildman–Crippen LogP) is 3.95. The number of hydrogen-bond acceptors (Lipinski definition) is 5. The first-order valence-electron chi connectivity index (χ1n) is 8.14. The van der Waals surface area contributed by atoms with Gasteiger partial charge in [-0.05, 0) is 24.6 Å². The monoisotopic (exact) mass is 392 g/mol. The van der Waals surface area contributed by atoms with E-state index in [9.17, 15) is 4.79 Å². The molecule has 26 heavy (non-hydrogen) atoms. The van der Waals surface area contributed by atoms with Gasteiger partial charge in [0.2, 0.25) is 4.80 Å². The van der Waals surface area contributed by atoms with E-state index in [-0.39, 0.29) is 5.41 Å². The molecule has 0 unspecified atom stereocenters. The molecule has 0 atom stereocenters. The number of rotatable bonds is 5. The van der Waals surface area contributed by atoms with Crippen LogP contribution in [0, 0.1) is 11.3 Å². The molecular weight excluding hydrogens is 372 g/mol. The second-order valence-corrected chi connectivity index (χ2v) is 8.08. The van der Waals surface area contributed by atoms with Gasteiger partial charge in [0.1, 0.15) is 10.8 Å². The van der Waals surface area contributed by atoms with Crippen molar-refractivity contribution in [2.24, 2.45) is 4.99 Å². The van der Waals surface area contributed by atoms with E-state index in [1.165, 1.54) is 24.5 Å². The summed E-state index contributed by atoms with van der Waals surface area (Å²) < 4.78 is 6.93. The number of unbranched alkanes of at least 4 members (excludes halogenated alkanes) is 1. The van der Waals surface area contributed by atoms with Crippen LogP contribution in [0.15, 0.2) is 23.2 Å². The third-order valence-corrected chi connectivity index (χ3v) is 5.12. The number of nitrogens with zero attached hydrogens (tertiary/aromatic N) is 4. The summed E-state index contributed by atoms with van der Waals surface area (Å²) in [5.74, 6) is -0.0257. The fraction of sp³-hybridized carbons (Fsp3) is 0.444. The van der Waals surface area contributed by atoms with E-state index in [2.05, 4.69) is 36.9 Å². The Bertz CT molecular complexity index is 903. The van der Waals surface area contributed by atoms with E-state index in [0.29, 0.717) is 40.5 Å². The predicted molar refractivity (Wildman–Crippen MR) is 102 cm³/mol. The lowest BCUT2D eigenvalue weighted by atomic mass is 9.98. The van der Waals surface area contributed by atoms with E-state index in [0.717, 1.165) is 5.01 Å². The molecule has 0 aliphatic heterocycles. The molecule has 0 fully saturated rings. The minimum absolute atomic E-state index is 0.161. The van der Waals surface area contributed by atoms with E-state index in [4.69, 9.17) is 21.6 Å². The van der Waals surface area contributed by atoms with Gasteiger partial charge >= 0.3 is 0 Å². The first-order chi connectivity index (χ1) is 12.3. The smallest absolute Gasteiger partial charge is 0.283 e. The first-order valence-corrected chi connectivity index (χ1v) is 9.33. The Morgan fingerprint density at radius 1 is 1.46 bits per heavy atom. The molecular formula is C18H21ClN4O2S. The first kappa shape index (κ1) is 20.1. The number of carbonyl (C=O) groups is 1. The summed E-state index contributed by atoms with van der Waals surface area (Å²) in [6.45, 7) is 6.68. The van der Waals surface area contributed by atoms with Crippen molar-refractivity contribution in [2.45, 2.75) is 45.6 Å². The van der Waals surface area contributed by atoms with Gasteiger partial charge < -0.3 is 4.74 Å². The Hall–Kier alpha value is -2.17. The highest BCUT2D eigenvalue weighted by Gasteiger charge is 2.20. The quantitative estimate of drug-likeness (QED) is 0.721. The summed E-state index contributed by atoms with van der Waals surface area (Å²) in [5, 5.41) is 14.6. The Morgan fingerprint density at radius 3 is 2.81 bits per heavy atom. The minimum Gasteiger partial charge on any atom is -0.496 e. The number of carbonyl (C=O) groups excluding carboxylic acids is 1. The maximum atomic E-state index is 12.7. The molecule has 0 spiro atoms. The number of amides is 1. The van der Waals surface area contributed by atoms with Crippen LogP contribution >= 0.6 is 22.9 Å². The van der Waals surface area contributed by atoms with Crippen LogP contribution in [0.5, 0.6) is 5.75 Å². The number of halogens is 1. The van der Waals surface area contributed by atoms with E-state index in [1.54, 1.807) is 16.8 Å². The summed E-state index contributed by atoms with van der Waals surface area (Å²) in [5.41, 5.74) is 0.140. The summed E-state index contributed by atoms with van der Waals surface area (Å²) in [4.78, 5) is 17.4. The Kier molecular flexibility index (Phi) is 6.57. The van der Waals surface area contributed by atoms with Crippen LogP contribution in [0.2, 0.25) is 5.02 Å². The highest BCUT2D eigenvalue weighted by Crippen LogP contribution is 2.24. The lowest BCUT2D eigenvalue weighted by Crippen LogP contribution is -2.19. The molecule has 1 amide bonds. The van der Waals surface area contributed by atoms with Crippen molar-refractivity contribution in [2.75, 3.05) is 7.11 Å². The van der Waals surface area contributed by atoms with Gasteiger partial charge in [0.05, 0.1) is 18.7 Å². The van der Waals surface area contributed by atoms with Crippen molar-refractivity contribution >= 4 is 28.8 Å². The van der Waals surface area contributed by atoms with Gasteiger partial charge in [-0.15, -0.1) is 0 Å². The lowest BCUT2D eigenvalue weighted by Gasteiger charge is -2.12. The van der Waals surface area contributed by atoms with Gasteiger partial charge in [-0.1, -0.05) is 43.7 Å². The van der Waals surface area contributed by atoms with Gasteiger partial charge in [-0.3, -0.25) is 4.79 Å². The third kappa shape index (κ3) is 4.93. The topological polar surface area (TPSA) is 80.3 Å². The number of nitriles is 1. The molecule has 0 aliphatic rings. The Balaban J connectivity index is 2.48. The van der Waals surface area contributed by atoms with Crippen molar-refractivity contribution in [3.05, 3.63) is 38.6 Å². The average Bonchev–Trinajstić information content (AvgIpc) is 2.98. The summed E-state index contributed by atoms with van der Waals surface area (Å²) in [7, 11) is 1.49. The van der Waals surface area contributed by atoms with Crippen LogP contribution in [0.3, 0.4) is 0 Å². The molecule has 0 radical (unpaired) electrons. The van der Waals surface area contributed by atoms with Crippen molar-refractivity contribution in [3.8, 4) is 11.8 Å². The standard InChI is InChI=1S/C18H21ClN4O2S/c1-18(2,3)16-22-23(10-6-5-9-20)17(26-16)21-15(24)13-11-12(19)7-8-14(13)25-4/h7-8,11H,5-6,10H2,1-4H3. The molecule has 0 saturated carbocycles. The van der Waals surface area contributed by atoms with Crippen molar-refractivity contribution in [1.82, 2.24) is 9.78 Å². The van der Waals surface area contributed by atoms with Crippen LogP contribution < -0.4 is 9.54 Å². The van der Waals surface area contributed by atoms with Crippen molar-refractivity contribution in [3.63, 3.8) is 0 Å². The molecule has 1 aromatic heterocycles. The molecule has 0 N–H and O–H groups in total. The molecule has 2 rings (SSSR count). The van der Waals surface area contributed by atoms with Gasteiger partial charge in [-0.2, -0.15) is 15.4 Å². The highest BCUT2D eigenvalue weighted by molar-refractivity contribution is 7.09.